The van der Waals surface area contributed by atoms with Gasteiger partial charge in [0.15, 0.2) is 0 Å². The minimum Gasteiger partial charge on any atom is -0.246 e. The zero-order chi connectivity index (χ0) is 18.6. The van der Waals surface area contributed by atoms with Crippen LogP contribution in [0.4, 0.5) is 0 Å². The van der Waals surface area contributed by atoms with Gasteiger partial charge in [0.05, 0.1) is 15.6 Å². The van der Waals surface area contributed by atoms with Crippen molar-refractivity contribution in [3.8, 4) is 0 Å². The van der Waals surface area contributed by atoms with Crippen LogP contribution in [0.5, 0.6) is 0 Å². The third kappa shape index (κ3) is 4.78. The van der Waals surface area contributed by atoms with Crippen LogP contribution in [0.2, 0.25) is 0 Å². The van der Waals surface area contributed by atoms with E-state index in [1.54, 1.807) is 35.6 Å². The summed E-state index contributed by atoms with van der Waals surface area (Å²) in [6.45, 7) is 4.28. The van der Waals surface area contributed by atoms with Crippen molar-refractivity contribution in [2.45, 2.75) is 31.6 Å². The fraction of sp³-hybridized carbons (Fsp3) is 0.250. The van der Waals surface area contributed by atoms with Gasteiger partial charge < -0.3 is 0 Å². The smallest absolute Gasteiger partial charge is 0.240 e. The summed E-state index contributed by atoms with van der Waals surface area (Å²) in [7, 11) is -3.47. The number of nitrogens with zero attached hydrogens (tertiary/aromatic N) is 1. The fourth-order valence-electron chi connectivity index (χ4n) is 2.63. The van der Waals surface area contributed by atoms with Crippen LogP contribution in [0.1, 0.15) is 26.7 Å². The normalized spacial score (nSPS) is 11.6. The molecule has 0 spiro atoms. The molecule has 26 heavy (non-hydrogen) atoms. The highest BCUT2D eigenvalue weighted by molar-refractivity contribution is 7.89. The van der Waals surface area contributed by atoms with Crippen molar-refractivity contribution in [1.29, 1.82) is 0 Å². The average molecular weight is 387 g/mol. The predicted octanol–water partition coefficient (Wildman–Crippen LogP) is 3.87. The third-order valence-corrected chi connectivity index (χ3v) is 6.80. The summed E-state index contributed by atoms with van der Waals surface area (Å²) >= 11 is 1.66. The molecular formula is C20H22N2O2S2. The first kappa shape index (κ1) is 18.8. The molecule has 0 aliphatic carbocycles. The van der Waals surface area contributed by atoms with E-state index in [0.29, 0.717) is 17.9 Å². The highest BCUT2D eigenvalue weighted by Crippen LogP contribution is 2.22. The molecule has 1 N–H and O–H groups in total. The first-order chi connectivity index (χ1) is 12.4. The van der Waals surface area contributed by atoms with Crippen molar-refractivity contribution in [3.05, 3.63) is 81.3 Å². The molecule has 0 bridgehead atoms. The van der Waals surface area contributed by atoms with Gasteiger partial charge in [-0.05, 0) is 31.5 Å². The topological polar surface area (TPSA) is 59.1 Å². The Morgan fingerprint density at radius 1 is 1.00 bits per heavy atom. The number of hydrogen-bond donors (Lipinski definition) is 1. The largest absolute Gasteiger partial charge is 0.246 e. The molecule has 0 aliphatic rings. The van der Waals surface area contributed by atoms with E-state index >= 15 is 0 Å². The van der Waals surface area contributed by atoms with E-state index in [4.69, 9.17) is 0 Å². The number of rotatable bonds is 7. The summed E-state index contributed by atoms with van der Waals surface area (Å²) in [5.74, 6) is 0. The molecule has 2 aromatic carbocycles. The van der Waals surface area contributed by atoms with E-state index in [1.807, 2.05) is 32.0 Å². The van der Waals surface area contributed by atoms with Crippen LogP contribution in [0.3, 0.4) is 0 Å². The van der Waals surface area contributed by atoms with Gasteiger partial charge in [0.1, 0.15) is 0 Å². The molecular weight excluding hydrogens is 364 g/mol. The Bertz CT molecular complexity index is 963. The molecule has 4 nitrogen and oxygen atoms in total. The lowest BCUT2D eigenvalue weighted by Crippen LogP contribution is -2.25. The van der Waals surface area contributed by atoms with Crippen LogP contribution in [-0.2, 0) is 22.9 Å². The molecule has 3 aromatic rings. The maximum absolute atomic E-state index is 12.3. The first-order valence-corrected chi connectivity index (χ1v) is 10.8. The predicted molar refractivity (Wildman–Crippen MR) is 106 cm³/mol. The van der Waals surface area contributed by atoms with Gasteiger partial charge in [-0.2, -0.15) is 0 Å². The number of benzene rings is 2. The molecule has 136 valence electrons. The summed E-state index contributed by atoms with van der Waals surface area (Å²) < 4.78 is 27.3. The highest BCUT2D eigenvalue weighted by atomic mass is 32.2. The Morgan fingerprint density at radius 2 is 1.69 bits per heavy atom. The molecule has 0 saturated heterocycles. The van der Waals surface area contributed by atoms with Gasteiger partial charge in [-0.1, -0.05) is 48.0 Å². The van der Waals surface area contributed by atoms with Crippen LogP contribution in [-0.4, -0.2) is 19.9 Å². The van der Waals surface area contributed by atoms with Gasteiger partial charge in [0.25, 0.3) is 0 Å². The molecule has 1 heterocycles. The highest BCUT2D eigenvalue weighted by Gasteiger charge is 2.14. The molecule has 6 heteroatoms. The van der Waals surface area contributed by atoms with Crippen LogP contribution >= 0.6 is 11.3 Å². The summed E-state index contributed by atoms with van der Waals surface area (Å²) in [4.78, 5) is 6.12. The lowest BCUT2D eigenvalue weighted by Gasteiger charge is -2.06. The Hall–Kier alpha value is -2.02. The van der Waals surface area contributed by atoms with E-state index in [1.165, 1.54) is 10.4 Å². The minimum atomic E-state index is -3.47. The zero-order valence-electron chi connectivity index (χ0n) is 14.9. The van der Waals surface area contributed by atoms with Crippen molar-refractivity contribution >= 4 is 21.4 Å². The van der Waals surface area contributed by atoms with E-state index in [0.717, 1.165) is 22.7 Å². The van der Waals surface area contributed by atoms with Crippen molar-refractivity contribution in [2.24, 2.45) is 0 Å². The Morgan fingerprint density at radius 3 is 2.38 bits per heavy atom. The molecule has 0 fully saturated rings. The quantitative estimate of drug-likeness (QED) is 0.670. The van der Waals surface area contributed by atoms with E-state index < -0.39 is 10.0 Å². The molecule has 1 aromatic heterocycles. The molecule has 3 rings (SSSR count). The van der Waals surface area contributed by atoms with Gasteiger partial charge >= 0.3 is 0 Å². The Labute approximate surface area is 159 Å². The number of sulfonamides is 1. The molecule has 0 atom stereocenters. The lowest BCUT2D eigenvalue weighted by atomic mass is 10.1. The van der Waals surface area contributed by atoms with Gasteiger partial charge in [-0.15, -0.1) is 11.3 Å². The van der Waals surface area contributed by atoms with Gasteiger partial charge in [0.2, 0.25) is 10.0 Å². The Kier molecular flexibility index (Phi) is 5.86. The summed E-state index contributed by atoms with van der Waals surface area (Å²) in [6.07, 6.45) is 1.45. The summed E-state index contributed by atoms with van der Waals surface area (Å²) in [6, 6.07) is 17.1. The summed E-state index contributed by atoms with van der Waals surface area (Å²) in [5, 5.41) is 0.958. The van der Waals surface area contributed by atoms with Crippen molar-refractivity contribution in [1.82, 2.24) is 9.71 Å². The van der Waals surface area contributed by atoms with Gasteiger partial charge in [0, 0.05) is 24.3 Å². The standard InChI is InChI=1S/C20H22N2O2S2/c1-15-8-10-18(11-9-15)26(23,24)21-13-12-20-22-16(2)19(25-20)14-17-6-4-3-5-7-17/h3-11,21H,12-14H2,1-2H3. The van der Waals surface area contributed by atoms with Crippen LogP contribution in [0, 0.1) is 13.8 Å². The third-order valence-electron chi connectivity index (χ3n) is 4.11. The van der Waals surface area contributed by atoms with E-state index in [-0.39, 0.29) is 0 Å². The van der Waals surface area contributed by atoms with Gasteiger partial charge in [-0.3, -0.25) is 0 Å². The number of nitrogens with one attached hydrogen (secondary N) is 1. The minimum absolute atomic E-state index is 0.295. The number of hydrogen-bond acceptors (Lipinski definition) is 4. The number of aryl methyl sites for hydroxylation is 2. The Balaban J connectivity index is 1.60. The first-order valence-electron chi connectivity index (χ1n) is 8.49. The van der Waals surface area contributed by atoms with Crippen molar-refractivity contribution < 1.29 is 8.42 Å². The SMILES string of the molecule is Cc1ccc(S(=O)(=O)NCCc2nc(C)c(Cc3ccccc3)s2)cc1. The van der Waals surface area contributed by atoms with Crippen molar-refractivity contribution in [2.75, 3.05) is 6.54 Å². The maximum atomic E-state index is 12.3. The molecule has 0 saturated carbocycles. The monoisotopic (exact) mass is 386 g/mol. The molecule has 0 unspecified atom stereocenters. The fourth-order valence-corrected chi connectivity index (χ4v) is 4.77. The molecule has 0 aliphatic heterocycles. The maximum Gasteiger partial charge on any atom is 0.240 e. The summed E-state index contributed by atoms with van der Waals surface area (Å²) in [5.41, 5.74) is 3.31. The second-order valence-corrected chi connectivity index (χ2v) is 9.17. The van der Waals surface area contributed by atoms with E-state index in [9.17, 15) is 8.42 Å². The average Bonchev–Trinajstić information content (AvgIpc) is 2.95. The second kappa shape index (κ2) is 8.12. The number of aromatic nitrogens is 1. The molecule has 0 amide bonds. The van der Waals surface area contributed by atoms with E-state index in [2.05, 4.69) is 21.8 Å². The van der Waals surface area contributed by atoms with Gasteiger partial charge in [-0.25, -0.2) is 18.1 Å². The zero-order valence-corrected chi connectivity index (χ0v) is 16.5. The second-order valence-electron chi connectivity index (χ2n) is 6.24. The van der Waals surface area contributed by atoms with Crippen LogP contribution in [0.25, 0.3) is 0 Å². The lowest BCUT2D eigenvalue weighted by molar-refractivity contribution is 0.581. The van der Waals surface area contributed by atoms with Crippen LogP contribution in [0.15, 0.2) is 59.5 Å². The van der Waals surface area contributed by atoms with Crippen molar-refractivity contribution in [3.63, 3.8) is 0 Å². The molecule has 0 radical (unpaired) electrons. The number of thiazole rings is 1. The van der Waals surface area contributed by atoms with Crippen LogP contribution < -0.4 is 4.72 Å².